The number of ether oxygens (including phenoxy) is 2. The summed E-state index contributed by atoms with van der Waals surface area (Å²) in [6.07, 6.45) is -0.390. The number of nitrogens with zero attached hydrogens (tertiary/aromatic N) is 1. The van der Waals surface area contributed by atoms with E-state index in [0.29, 0.717) is 38.0 Å². The largest absolute Gasteiger partial charge is 0.448 e. The smallest absolute Gasteiger partial charge is 0.410 e. The van der Waals surface area contributed by atoms with Crippen LogP contribution in [-0.4, -0.2) is 43.3 Å². The summed E-state index contributed by atoms with van der Waals surface area (Å²) in [6, 6.07) is 13.2. The van der Waals surface area contributed by atoms with Crippen LogP contribution < -0.4 is 5.32 Å². The SMILES string of the molecule is O=C(OCc1ccccc1)N1CCOC(CNCc2ccc(Cl)o2)C1. The highest BCUT2D eigenvalue weighted by molar-refractivity contribution is 6.28. The predicted octanol–water partition coefficient (Wildman–Crippen LogP) is 3.06. The maximum Gasteiger partial charge on any atom is 0.410 e. The zero-order chi connectivity index (χ0) is 17.5. The second-order valence-electron chi connectivity index (χ2n) is 5.82. The fraction of sp³-hybridized carbons (Fsp3) is 0.389. The summed E-state index contributed by atoms with van der Waals surface area (Å²) in [7, 11) is 0. The number of amides is 1. The number of hydrogen-bond donors (Lipinski definition) is 1. The number of furan rings is 1. The fourth-order valence-corrected chi connectivity index (χ4v) is 2.78. The Balaban J connectivity index is 1.40. The summed E-state index contributed by atoms with van der Waals surface area (Å²) in [5.41, 5.74) is 0.972. The van der Waals surface area contributed by atoms with Crippen LogP contribution >= 0.6 is 11.6 Å². The topological polar surface area (TPSA) is 63.9 Å². The highest BCUT2D eigenvalue weighted by Gasteiger charge is 2.25. The van der Waals surface area contributed by atoms with Gasteiger partial charge in [-0.15, -0.1) is 0 Å². The summed E-state index contributed by atoms with van der Waals surface area (Å²) in [5.74, 6) is 0.764. The number of halogens is 1. The molecule has 7 heteroatoms. The number of morpholine rings is 1. The van der Waals surface area contributed by atoms with Gasteiger partial charge in [-0.1, -0.05) is 30.3 Å². The van der Waals surface area contributed by atoms with E-state index in [9.17, 15) is 4.79 Å². The molecule has 1 saturated heterocycles. The van der Waals surface area contributed by atoms with Crippen molar-refractivity contribution in [3.05, 3.63) is 59.0 Å². The molecule has 25 heavy (non-hydrogen) atoms. The molecule has 1 fully saturated rings. The number of hydrogen-bond acceptors (Lipinski definition) is 5. The Labute approximate surface area is 151 Å². The van der Waals surface area contributed by atoms with Gasteiger partial charge in [0.15, 0.2) is 5.22 Å². The lowest BCUT2D eigenvalue weighted by Crippen LogP contribution is -2.49. The highest BCUT2D eigenvalue weighted by atomic mass is 35.5. The number of benzene rings is 1. The Hall–Kier alpha value is -2.02. The molecule has 1 aliphatic rings. The van der Waals surface area contributed by atoms with Crippen LogP contribution in [0.4, 0.5) is 4.79 Å². The summed E-state index contributed by atoms with van der Waals surface area (Å²) < 4.78 is 16.4. The van der Waals surface area contributed by atoms with E-state index in [2.05, 4.69) is 5.32 Å². The first-order valence-corrected chi connectivity index (χ1v) is 8.60. The lowest BCUT2D eigenvalue weighted by atomic mass is 10.2. The first-order valence-electron chi connectivity index (χ1n) is 8.23. The molecule has 1 unspecified atom stereocenters. The van der Waals surface area contributed by atoms with Crippen LogP contribution in [0, 0.1) is 0 Å². The molecule has 0 spiro atoms. The summed E-state index contributed by atoms with van der Waals surface area (Å²) in [4.78, 5) is 13.9. The molecule has 1 aliphatic heterocycles. The van der Waals surface area contributed by atoms with E-state index in [0.717, 1.165) is 11.3 Å². The van der Waals surface area contributed by atoms with E-state index in [1.54, 1.807) is 11.0 Å². The molecule has 1 atom stereocenters. The minimum absolute atomic E-state index is 0.0801. The average Bonchev–Trinajstić information content (AvgIpc) is 3.06. The van der Waals surface area contributed by atoms with Gasteiger partial charge in [0.25, 0.3) is 0 Å². The van der Waals surface area contributed by atoms with Crippen molar-refractivity contribution >= 4 is 17.7 Å². The van der Waals surface area contributed by atoms with Crippen LogP contribution in [0.3, 0.4) is 0 Å². The van der Waals surface area contributed by atoms with Gasteiger partial charge in [-0.2, -0.15) is 0 Å². The second kappa shape index (κ2) is 8.89. The zero-order valence-corrected chi connectivity index (χ0v) is 14.6. The van der Waals surface area contributed by atoms with Crippen molar-refractivity contribution in [2.24, 2.45) is 0 Å². The molecular formula is C18H21ClN2O4. The molecule has 0 saturated carbocycles. The quantitative estimate of drug-likeness (QED) is 0.853. The Bertz CT molecular complexity index is 677. The van der Waals surface area contributed by atoms with E-state index in [4.69, 9.17) is 25.5 Å². The van der Waals surface area contributed by atoms with Crippen molar-refractivity contribution in [2.75, 3.05) is 26.2 Å². The van der Waals surface area contributed by atoms with Gasteiger partial charge in [0.05, 0.1) is 25.8 Å². The van der Waals surface area contributed by atoms with Crippen molar-refractivity contribution in [1.29, 1.82) is 0 Å². The highest BCUT2D eigenvalue weighted by Crippen LogP contribution is 2.13. The Morgan fingerprint density at radius 1 is 1.28 bits per heavy atom. The maximum absolute atomic E-state index is 12.2. The molecule has 0 radical (unpaired) electrons. The van der Waals surface area contributed by atoms with Gasteiger partial charge in [-0.05, 0) is 29.3 Å². The van der Waals surface area contributed by atoms with Crippen LogP contribution in [0.1, 0.15) is 11.3 Å². The summed E-state index contributed by atoms with van der Waals surface area (Å²) in [6.45, 7) is 2.99. The van der Waals surface area contributed by atoms with Crippen LogP contribution in [0.25, 0.3) is 0 Å². The lowest BCUT2D eigenvalue weighted by molar-refractivity contribution is -0.0272. The third kappa shape index (κ3) is 5.49. The molecule has 2 heterocycles. The van der Waals surface area contributed by atoms with E-state index in [1.807, 2.05) is 36.4 Å². The van der Waals surface area contributed by atoms with Gasteiger partial charge in [0.1, 0.15) is 12.4 Å². The number of carbonyl (C=O) groups excluding carboxylic acids is 1. The van der Waals surface area contributed by atoms with Gasteiger partial charge in [0, 0.05) is 13.1 Å². The van der Waals surface area contributed by atoms with E-state index < -0.39 is 0 Å². The minimum atomic E-state index is -0.310. The monoisotopic (exact) mass is 364 g/mol. The predicted molar refractivity (Wildman–Crippen MR) is 93.4 cm³/mol. The molecule has 2 aromatic rings. The molecule has 134 valence electrons. The van der Waals surface area contributed by atoms with Crippen LogP contribution in [0.15, 0.2) is 46.9 Å². The lowest BCUT2D eigenvalue weighted by Gasteiger charge is -2.32. The van der Waals surface area contributed by atoms with Gasteiger partial charge in [-0.3, -0.25) is 0 Å². The van der Waals surface area contributed by atoms with Gasteiger partial charge in [-0.25, -0.2) is 4.79 Å². The minimum Gasteiger partial charge on any atom is -0.448 e. The standard InChI is InChI=1S/C18H21ClN2O4/c19-17-7-6-15(25-17)10-20-11-16-12-21(8-9-23-16)18(22)24-13-14-4-2-1-3-5-14/h1-7,16,20H,8-13H2. The number of carbonyl (C=O) groups is 1. The fourth-order valence-electron chi connectivity index (χ4n) is 2.62. The molecule has 1 aromatic carbocycles. The molecular weight excluding hydrogens is 344 g/mol. The number of nitrogens with one attached hydrogen (secondary N) is 1. The van der Waals surface area contributed by atoms with Crippen molar-refractivity contribution in [1.82, 2.24) is 10.2 Å². The molecule has 1 amide bonds. The van der Waals surface area contributed by atoms with Crippen LogP contribution in [0.2, 0.25) is 5.22 Å². The van der Waals surface area contributed by atoms with Gasteiger partial charge >= 0.3 is 6.09 Å². The average molecular weight is 365 g/mol. The Morgan fingerprint density at radius 2 is 2.12 bits per heavy atom. The van der Waals surface area contributed by atoms with Crippen molar-refractivity contribution in [2.45, 2.75) is 19.3 Å². The zero-order valence-electron chi connectivity index (χ0n) is 13.8. The molecule has 0 bridgehead atoms. The molecule has 3 rings (SSSR count). The van der Waals surface area contributed by atoms with Crippen molar-refractivity contribution in [3.63, 3.8) is 0 Å². The third-order valence-corrected chi connectivity index (χ3v) is 4.11. The molecule has 0 aliphatic carbocycles. The summed E-state index contributed by atoms with van der Waals surface area (Å²) >= 11 is 5.74. The molecule has 1 N–H and O–H groups in total. The molecule has 1 aromatic heterocycles. The van der Waals surface area contributed by atoms with Crippen molar-refractivity contribution < 1.29 is 18.7 Å². The van der Waals surface area contributed by atoms with E-state index in [1.165, 1.54) is 0 Å². The number of rotatable bonds is 6. The van der Waals surface area contributed by atoms with Crippen LogP contribution in [0.5, 0.6) is 0 Å². The molecule has 6 nitrogen and oxygen atoms in total. The second-order valence-corrected chi connectivity index (χ2v) is 6.19. The Morgan fingerprint density at radius 3 is 2.88 bits per heavy atom. The van der Waals surface area contributed by atoms with Gasteiger partial charge in [0.2, 0.25) is 0 Å². The van der Waals surface area contributed by atoms with Crippen LogP contribution in [-0.2, 0) is 22.6 Å². The van der Waals surface area contributed by atoms with Gasteiger partial charge < -0.3 is 24.1 Å². The first-order chi connectivity index (χ1) is 12.2. The summed E-state index contributed by atoms with van der Waals surface area (Å²) in [5, 5.41) is 3.62. The van der Waals surface area contributed by atoms with E-state index >= 15 is 0 Å². The van der Waals surface area contributed by atoms with Crippen molar-refractivity contribution in [3.8, 4) is 0 Å². The normalized spacial score (nSPS) is 17.5. The maximum atomic E-state index is 12.2. The Kier molecular flexibility index (Phi) is 6.33. The van der Waals surface area contributed by atoms with E-state index in [-0.39, 0.29) is 18.8 Å². The third-order valence-electron chi connectivity index (χ3n) is 3.90. The first kappa shape index (κ1) is 17.8.